The van der Waals surface area contributed by atoms with E-state index in [0.717, 1.165) is 0 Å². The molecule has 0 saturated heterocycles. The largest absolute Gasteiger partial charge is 0.480 e. The molecule has 0 amide bonds. The molecular weight excluding hydrogens is 227 g/mol. The highest BCUT2D eigenvalue weighted by molar-refractivity contribution is 7.57. The lowest BCUT2D eigenvalue weighted by Crippen LogP contribution is -2.28. The summed E-state index contributed by atoms with van der Waals surface area (Å²) in [5.74, 6) is -2.26. The molecule has 0 saturated carbocycles. The van der Waals surface area contributed by atoms with Gasteiger partial charge < -0.3 is 15.1 Å². The zero-order chi connectivity index (χ0) is 11.9. The summed E-state index contributed by atoms with van der Waals surface area (Å²) in [5.41, 5.74) is 0. The lowest BCUT2D eigenvalue weighted by molar-refractivity contribution is -0.136. The maximum Gasteiger partial charge on any atom is 0.317 e. The van der Waals surface area contributed by atoms with E-state index in [4.69, 9.17) is 10.2 Å². The number of rotatable bonds is 8. The van der Waals surface area contributed by atoms with Crippen LogP contribution in [0.3, 0.4) is 0 Å². The Morgan fingerprint density at radius 2 is 1.33 bits per heavy atom. The monoisotopic (exact) mass is 240 g/mol. The molecule has 9 heteroatoms. The van der Waals surface area contributed by atoms with Crippen molar-refractivity contribution in [3.63, 3.8) is 0 Å². The lowest BCUT2D eigenvalue weighted by atomic mass is 10.7. The molecule has 0 aromatic carbocycles. The van der Waals surface area contributed by atoms with Crippen LogP contribution in [0.25, 0.3) is 0 Å². The molecule has 0 atom stereocenters. The number of hydrogen-bond acceptors (Lipinski definition) is 5. The fraction of sp³-hybridized carbons (Fsp3) is 0.667. The topological polar surface area (TPSA) is 136 Å². The zero-order valence-corrected chi connectivity index (χ0v) is 8.74. The third kappa shape index (κ3) is 9.36. The highest BCUT2D eigenvalue weighted by Gasteiger charge is 2.17. The molecule has 0 fully saturated rings. The fourth-order valence-corrected chi connectivity index (χ4v) is 1.77. The molecule has 88 valence electrons. The summed E-state index contributed by atoms with van der Waals surface area (Å²) in [6, 6.07) is 0. The predicted molar refractivity (Wildman–Crippen MR) is 50.8 cm³/mol. The van der Waals surface area contributed by atoms with E-state index < -0.39 is 32.4 Å². The fourth-order valence-electron chi connectivity index (χ4n) is 0.731. The van der Waals surface area contributed by atoms with Gasteiger partial charge in [0.05, 0.1) is 25.7 Å². The molecule has 0 spiro atoms. The van der Waals surface area contributed by atoms with Gasteiger partial charge in [0.25, 0.3) is 0 Å². The van der Waals surface area contributed by atoms with Gasteiger partial charge in [0, 0.05) is 0 Å². The van der Waals surface area contributed by atoms with Gasteiger partial charge in [0.1, 0.15) is 0 Å². The van der Waals surface area contributed by atoms with Crippen LogP contribution in [0, 0.1) is 0 Å². The van der Waals surface area contributed by atoms with E-state index in [1.165, 1.54) is 0 Å². The second-order valence-electron chi connectivity index (χ2n) is 2.80. The van der Waals surface area contributed by atoms with E-state index in [1.54, 1.807) is 0 Å². The van der Waals surface area contributed by atoms with Gasteiger partial charge in [0.2, 0.25) is 7.37 Å². The number of carbonyl (C=O) groups is 2. The molecule has 15 heavy (non-hydrogen) atoms. The van der Waals surface area contributed by atoms with E-state index in [9.17, 15) is 19.0 Å². The zero-order valence-electron chi connectivity index (χ0n) is 7.84. The van der Waals surface area contributed by atoms with Crippen molar-refractivity contribution < 1.29 is 29.3 Å². The number of hydrogen-bond donors (Lipinski definition) is 5. The first kappa shape index (κ1) is 14.1. The van der Waals surface area contributed by atoms with Crippen LogP contribution >= 0.6 is 7.37 Å². The third-order valence-electron chi connectivity index (χ3n) is 1.27. The highest BCUT2D eigenvalue weighted by atomic mass is 31.2. The van der Waals surface area contributed by atoms with Crippen molar-refractivity contribution in [2.24, 2.45) is 0 Å². The Kier molecular flexibility index (Phi) is 6.11. The molecule has 0 aliphatic rings. The Morgan fingerprint density at radius 3 is 1.60 bits per heavy atom. The van der Waals surface area contributed by atoms with Crippen LogP contribution in [0.2, 0.25) is 0 Å². The van der Waals surface area contributed by atoms with Crippen LogP contribution in [0.5, 0.6) is 0 Å². The van der Waals surface area contributed by atoms with Gasteiger partial charge in [-0.3, -0.25) is 24.8 Å². The molecule has 0 radical (unpaired) electrons. The van der Waals surface area contributed by atoms with E-state index in [0.29, 0.717) is 0 Å². The molecular formula is C6H13N2O6P. The number of carboxylic acid groups (broad SMARTS) is 2. The van der Waals surface area contributed by atoms with Crippen LogP contribution in [-0.2, 0) is 14.2 Å². The summed E-state index contributed by atoms with van der Waals surface area (Å²) in [5, 5.41) is 21.0. The summed E-state index contributed by atoms with van der Waals surface area (Å²) in [6.45, 7) is -0.826. The molecule has 0 rings (SSSR count). The molecule has 0 aliphatic carbocycles. The summed E-state index contributed by atoms with van der Waals surface area (Å²) in [6.07, 6.45) is -0.738. The van der Waals surface area contributed by atoms with Crippen molar-refractivity contribution in [2.75, 3.05) is 25.7 Å². The molecule has 0 aromatic heterocycles. The Balaban J connectivity index is 3.72. The molecule has 5 N–H and O–H groups in total. The van der Waals surface area contributed by atoms with Gasteiger partial charge in [-0.15, -0.1) is 0 Å². The SMILES string of the molecule is O=C(O)CNCP(=O)(O)CNCC(=O)O. The molecule has 0 heterocycles. The lowest BCUT2D eigenvalue weighted by Gasteiger charge is -2.11. The van der Waals surface area contributed by atoms with Gasteiger partial charge in [-0.05, 0) is 0 Å². The Morgan fingerprint density at radius 1 is 1.00 bits per heavy atom. The average molecular weight is 240 g/mol. The normalized spacial score (nSPS) is 11.3. The average Bonchev–Trinajstić information content (AvgIpc) is 2.01. The Hall–Kier alpha value is -0.950. The van der Waals surface area contributed by atoms with Gasteiger partial charge >= 0.3 is 11.9 Å². The number of nitrogens with one attached hydrogen (secondary N) is 2. The van der Waals surface area contributed by atoms with Gasteiger partial charge in [0.15, 0.2) is 0 Å². The maximum atomic E-state index is 11.2. The Bertz CT molecular complexity index is 257. The summed E-state index contributed by atoms with van der Waals surface area (Å²) < 4.78 is 11.2. The van der Waals surface area contributed by atoms with Crippen LogP contribution in [0.15, 0.2) is 0 Å². The van der Waals surface area contributed by atoms with Crippen LogP contribution in [0.4, 0.5) is 0 Å². The van der Waals surface area contributed by atoms with Crippen molar-refractivity contribution in [1.29, 1.82) is 0 Å². The first-order valence-corrected chi connectivity index (χ1v) is 6.02. The molecule has 0 bridgehead atoms. The van der Waals surface area contributed by atoms with Crippen molar-refractivity contribution in [3.8, 4) is 0 Å². The maximum absolute atomic E-state index is 11.2. The number of aliphatic carboxylic acids is 2. The smallest absolute Gasteiger partial charge is 0.317 e. The summed E-state index contributed by atoms with van der Waals surface area (Å²) in [7, 11) is -3.55. The standard InChI is InChI=1S/C6H13N2O6P/c9-5(10)1-7-3-15(13,14)4-8-2-6(11)12/h7-8H,1-4H2,(H,9,10)(H,11,12)(H,13,14). The molecule has 0 unspecified atom stereocenters. The minimum Gasteiger partial charge on any atom is -0.480 e. The molecule has 0 aromatic rings. The van der Waals surface area contributed by atoms with Crippen LogP contribution in [0.1, 0.15) is 0 Å². The Labute approximate surface area is 85.7 Å². The third-order valence-corrected chi connectivity index (χ3v) is 2.71. The summed E-state index contributed by atoms with van der Waals surface area (Å²) >= 11 is 0. The predicted octanol–water partition coefficient (Wildman–Crippen LogP) is -1.48. The number of carboxylic acids is 2. The highest BCUT2D eigenvalue weighted by Crippen LogP contribution is 2.36. The van der Waals surface area contributed by atoms with Gasteiger partial charge in [-0.2, -0.15) is 0 Å². The van der Waals surface area contributed by atoms with Gasteiger partial charge in [-0.25, -0.2) is 0 Å². The van der Waals surface area contributed by atoms with E-state index >= 15 is 0 Å². The van der Waals surface area contributed by atoms with Crippen LogP contribution in [-0.4, -0.2) is 52.7 Å². The quantitative estimate of drug-likeness (QED) is 0.324. The minimum absolute atomic E-state index is 0.369. The first-order valence-electron chi connectivity index (χ1n) is 3.99. The first-order chi connectivity index (χ1) is 6.83. The van der Waals surface area contributed by atoms with Crippen molar-refractivity contribution in [2.45, 2.75) is 0 Å². The summed E-state index contributed by atoms with van der Waals surface area (Å²) in [4.78, 5) is 29.3. The second-order valence-corrected chi connectivity index (χ2v) is 5.13. The van der Waals surface area contributed by atoms with Gasteiger partial charge in [-0.1, -0.05) is 0 Å². The second kappa shape index (κ2) is 6.52. The molecule has 0 aliphatic heterocycles. The minimum atomic E-state index is -3.55. The van der Waals surface area contributed by atoms with Crippen molar-refractivity contribution >= 4 is 19.3 Å². The van der Waals surface area contributed by atoms with E-state index in [2.05, 4.69) is 10.6 Å². The van der Waals surface area contributed by atoms with Crippen LogP contribution < -0.4 is 10.6 Å². The van der Waals surface area contributed by atoms with Crippen molar-refractivity contribution in [3.05, 3.63) is 0 Å². The molecule has 8 nitrogen and oxygen atoms in total. The van der Waals surface area contributed by atoms with E-state index in [-0.39, 0.29) is 12.6 Å². The van der Waals surface area contributed by atoms with E-state index in [1.807, 2.05) is 0 Å². The van der Waals surface area contributed by atoms with Crippen molar-refractivity contribution in [1.82, 2.24) is 10.6 Å².